The minimum Gasteiger partial charge on any atom is -0.329 e. The molecular formula is C15H23FN2. The average Bonchev–Trinajstić information content (AvgIpc) is 3.17. The summed E-state index contributed by atoms with van der Waals surface area (Å²) in [6, 6.07) is 7.01. The lowest BCUT2D eigenvalue weighted by Gasteiger charge is -2.31. The highest BCUT2D eigenvalue weighted by Crippen LogP contribution is 2.32. The van der Waals surface area contributed by atoms with E-state index in [0.29, 0.717) is 6.54 Å². The Bertz CT molecular complexity index is 359. The lowest BCUT2D eigenvalue weighted by Crippen LogP contribution is -2.35. The molecule has 1 aromatic carbocycles. The monoisotopic (exact) mass is 250 g/mol. The van der Waals surface area contributed by atoms with Gasteiger partial charge >= 0.3 is 0 Å². The van der Waals surface area contributed by atoms with Crippen LogP contribution < -0.4 is 5.73 Å². The van der Waals surface area contributed by atoms with Crippen LogP contribution in [0.25, 0.3) is 0 Å². The summed E-state index contributed by atoms with van der Waals surface area (Å²) < 4.78 is 13.0. The number of nitrogens with two attached hydrogens (primary N) is 1. The number of nitrogens with zero attached hydrogens (tertiary/aromatic N) is 1. The van der Waals surface area contributed by atoms with Crippen LogP contribution in [-0.2, 0) is 0 Å². The fourth-order valence-corrected chi connectivity index (χ4v) is 2.47. The van der Waals surface area contributed by atoms with Gasteiger partial charge in [-0.2, -0.15) is 0 Å². The van der Waals surface area contributed by atoms with Crippen LogP contribution in [0.1, 0.15) is 37.8 Å². The molecule has 1 unspecified atom stereocenters. The van der Waals surface area contributed by atoms with Crippen molar-refractivity contribution in [3.05, 3.63) is 35.6 Å². The maximum absolute atomic E-state index is 13.0. The van der Waals surface area contributed by atoms with Gasteiger partial charge in [-0.3, -0.25) is 4.90 Å². The molecule has 3 heteroatoms. The number of benzene rings is 1. The van der Waals surface area contributed by atoms with Crippen molar-refractivity contribution in [2.24, 2.45) is 11.7 Å². The Labute approximate surface area is 109 Å². The minimum absolute atomic E-state index is 0.182. The zero-order valence-corrected chi connectivity index (χ0v) is 11.1. The predicted octanol–water partition coefficient (Wildman–Crippen LogP) is 2.95. The maximum atomic E-state index is 13.0. The lowest BCUT2D eigenvalue weighted by molar-refractivity contribution is 0.193. The zero-order valence-electron chi connectivity index (χ0n) is 11.1. The highest BCUT2D eigenvalue weighted by Gasteiger charge is 2.27. The Morgan fingerprint density at radius 1 is 1.33 bits per heavy atom. The van der Waals surface area contributed by atoms with Crippen LogP contribution in [0.2, 0.25) is 0 Å². The third kappa shape index (κ3) is 3.53. The van der Waals surface area contributed by atoms with E-state index in [1.165, 1.54) is 25.0 Å². The van der Waals surface area contributed by atoms with E-state index in [9.17, 15) is 4.39 Å². The molecule has 100 valence electrons. The van der Waals surface area contributed by atoms with Gasteiger partial charge in [0.2, 0.25) is 0 Å². The molecule has 1 fully saturated rings. The molecule has 1 aliphatic carbocycles. The molecule has 0 heterocycles. The summed E-state index contributed by atoms with van der Waals surface area (Å²) in [4.78, 5) is 2.46. The zero-order chi connectivity index (χ0) is 13.0. The van der Waals surface area contributed by atoms with Gasteiger partial charge in [-0.05, 0) is 49.4 Å². The average molecular weight is 250 g/mol. The third-order valence-electron chi connectivity index (χ3n) is 3.62. The highest BCUT2D eigenvalue weighted by atomic mass is 19.1. The fourth-order valence-electron chi connectivity index (χ4n) is 2.47. The van der Waals surface area contributed by atoms with E-state index < -0.39 is 0 Å². The summed E-state index contributed by atoms with van der Waals surface area (Å²) >= 11 is 0. The number of hydrogen-bond donors (Lipinski definition) is 1. The summed E-state index contributed by atoms with van der Waals surface area (Å²) in [6.07, 6.45) is 3.83. The van der Waals surface area contributed by atoms with Crippen molar-refractivity contribution in [2.45, 2.75) is 32.2 Å². The van der Waals surface area contributed by atoms with Crippen LogP contribution in [0.15, 0.2) is 24.3 Å². The van der Waals surface area contributed by atoms with Crippen LogP contribution in [0.4, 0.5) is 4.39 Å². The Morgan fingerprint density at radius 2 is 2.00 bits per heavy atom. The SMILES string of the molecule is CCCN(CC1CC1)C(CN)c1ccc(F)cc1. The summed E-state index contributed by atoms with van der Waals surface area (Å²) in [6.45, 7) is 4.99. The lowest BCUT2D eigenvalue weighted by atomic mass is 10.0. The van der Waals surface area contributed by atoms with E-state index in [-0.39, 0.29) is 11.9 Å². The summed E-state index contributed by atoms with van der Waals surface area (Å²) in [7, 11) is 0. The molecule has 2 nitrogen and oxygen atoms in total. The molecule has 1 saturated carbocycles. The van der Waals surface area contributed by atoms with Gasteiger partial charge in [0.1, 0.15) is 5.82 Å². The van der Waals surface area contributed by atoms with Crippen LogP contribution in [0.3, 0.4) is 0 Å². The van der Waals surface area contributed by atoms with E-state index >= 15 is 0 Å². The highest BCUT2D eigenvalue weighted by molar-refractivity contribution is 5.20. The summed E-state index contributed by atoms with van der Waals surface area (Å²) in [5, 5.41) is 0. The van der Waals surface area contributed by atoms with Crippen molar-refractivity contribution in [1.82, 2.24) is 4.90 Å². The van der Waals surface area contributed by atoms with Crippen LogP contribution in [0, 0.1) is 11.7 Å². The molecule has 0 aromatic heterocycles. The molecular weight excluding hydrogens is 227 g/mol. The van der Waals surface area contributed by atoms with Gasteiger partial charge in [0.05, 0.1) is 0 Å². The maximum Gasteiger partial charge on any atom is 0.123 e. The summed E-state index contributed by atoms with van der Waals surface area (Å²) in [5.41, 5.74) is 7.07. The molecule has 2 N–H and O–H groups in total. The van der Waals surface area contributed by atoms with E-state index in [4.69, 9.17) is 5.73 Å². The van der Waals surface area contributed by atoms with Crippen molar-refractivity contribution in [1.29, 1.82) is 0 Å². The minimum atomic E-state index is -0.182. The van der Waals surface area contributed by atoms with Gasteiger partial charge in [0, 0.05) is 19.1 Å². The van der Waals surface area contributed by atoms with Gasteiger partial charge in [0.25, 0.3) is 0 Å². The van der Waals surface area contributed by atoms with E-state index in [1.54, 1.807) is 0 Å². The predicted molar refractivity (Wildman–Crippen MR) is 72.8 cm³/mol. The van der Waals surface area contributed by atoms with Gasteiger partial charge < -0.3 is 5.73 Å². The first kappa shape index (κ1) is 13.5. The Balaban J connectivity index is 2.09. The molecule has 1 aromatic rings. The molecule has 0 spiro atoms. The first-order chi connectivity index (χ1) is 8.74. The van der Waals surface area contributed by atoms with Crippen molar-refractivity contribution < 1.29 is 4.39 Å². The molecule has 1 aliphatic rings. The Kier molecular flexibility index (Phi) is 4.72. The molecule has 1 atom stereocenters. The number of halogens is 1. The second-order valence-corrected chi connectivity index (χ2v) is 5.24. The molecule has 18 heavy (non-hydrogen) atoms. The second-order valence-electron chi connectivity index (χ2n) is 5.24. The van der Waals surface area contributed by atoms with E-state index in [0.717, 1.165) is 31.0 Å². The van der Waals surface area contributed by atoms with Gasteiger partial charge in [0.15, 0.2) is 0 Å². The number of rotatable bonds is 7. The topological polar surface area (TPSA) is 29.3 Å². The summed E-state index contributed by atoms with van der Waals surface area (Å²) in [5.74, 6) is 0.671. The first-order valence-corrected chi connectivity index (χ1v) is 6.94. The van der Waals surface area contributed by atoms with Crippen LogP contribution in [-0.4, -0.2) is 24.5 Å². The normalized spacial score (nSPS) is 17.1. The van der Waals surface area contributed by atoms with Crippen molar-refractivity contribution in [2.75, 3.05) is 19.6 Å². The van der Waals surface area contributed by atoms with Gasteiger partial charge in [-0.25, -0.2) is 4.39 Å². The van der Waals surface area contributed by atoms with Crippen molar-refractivity contribution >= 4 is 0 Å². The standard InChI is InChI=1S/C15H23FN2/c1-2-9-18(11-12-3-4-12)15(10-17)13-5-7-14(16)8-6-13/h5-8,12,15H,2-4,9-11,17H2,1H3. The molecule has 0 amide bonds. The Hall–Kier alpha value is -0.930. The van der Waals surface area contributed by atoms with Crippen LogP contribution >= 0.6 is 0 Å². The first-order valence-electron chi connectivity index (χ1n) is 6.94. The van der Waals surface area contributed by atoms with E-state index in [2.05, 4.69) is 11.8 Å². The molecule has 0 bridgehead atoms. The van der Waals surface area contributed by atoms with Crippen LogP contribution in [0.5, 0.6) is 0 Å². The third-order valence-corrected chi connectivity index (χ3v) is 3.62. The fraction of sp³-hybridized carbons (Fsp3) is 0.600. The van der Waals surface area contributed by atoms with Gasteiger partial charge in [-0.15, -0.1) is 0 Å². The van der Waals surface area contributed by atoms with Crippen molar-refractivity contribution in [3.8, 4) is 0 Å². The van der Waals surface area contributed by atoms with Crippen molar-refractivity contribution in [3.63, 3.8) is 0 Å². The molecule has 0 saturated heterocycles. The van der Waals surface area contributed by atoms with E-state index in [1.807, 2.05) is 12.1 Å². The smallest absolute Gasteiger partial charge is 0.123 e. The molecule has 0 aliphatic heterocycles. The number of hydrogen-bond acceptors (Lipinski definition) is 2. The largest absolute Gasteiger partial charge is 0.329 e. The Morgan fingerprint density at radius 3 is 2.50 bits per heavy atom. The molecule has 2 rings (SSSR count). The van der Waals surface area contributed by atoms with Gasteiger partial charge in [-0.1, -0.05) is 19.1 Å². The quantitative estimate of drug-likeness (QED) is 0.806. The molecule has 0 radical (unpaired) electrons. The second kappa shape index (κ2) is 6.30.